The maximum Gasteiger partial charge on any atom is 0.341 e. The van der Waals surface area contributed by atoms with Crippen LogP contribution in [-0.2, 0) is 17.6 Å². The van der Waals surface area contributed by atoms with Crippen LogP contribution in [0.3, 0.4) is 0 Å². The highest BCUT2D eigenvalue weighted by molar-refractivity contribution is 7.99. The third-order valence-corrected chi connectivity index (χ3v) is 7.89. The standard InChI is InChI=1S/C25H26N2O2S3/c1-29-24(28)22-18-13-7-2-3-8-15-20(18)32-23(22)27-25(30)26-19-14-9-10-16-21(19)31-17-11-5-4-6-12-17/h4-6,9-12,14,16H,2-3,7-8,13,15H2,1H3,(H2,26,27,30). The summed E-state index contributed by atoms with van der Waals surface area (Å²) in [6.45, 7) is 0. The Kier molecular flexibility index (Phi) is 7.84. The van der Waals surface area contributed by atoms with Gasteiger partial charge in [-0.15, -0.1) is 11.3 Å². The van der Waals surface area contributed by atoms with E-state index in [9.17, 15) is 4.79 Å². The summed E-state index contributed by atoms with van der Waals surface area (Å²) in [5.41, 5.74) is 2.70. The first-order chi connectivity index (χ1) is 15.7. The summed E-state index contributed by atoms with van der Waals surface area (Å²) in [5, 5.41) is 7.85. The summed E-state index contributed by atoms with van der Waals surface area (Å²) in [6.07, 6.45) is 6.61. The van der Waals surface area contributed by atoms with Gasteiger partial charge in [0.2, 0.25) is 0 Å². The SMILES string of the molecule is COC(=O)c1c(NC(=S)Nc2ccccc2Sc2ccccc2)sc2c1CCCCCC2. The number of thiocarbonyl (C=S) groups is 1. The van der Waals surface area contributed by atoms with E-state index in [1.165, 1.54) is 24.8 Å². The van der Waals surface area contributed by atoms with Gasteiger partial charge in [0.1, 0.15) is 5.00 Å². The number of rotatable bonds is 5. The number of ether oxygens (including phenoxy) is 1. The fourth-order valence-corrected chi connectivity index (χ4v) is 6.34. The van der Waals surface area contributed by atoms with Crippen LogP contribution < -0.4 is 10.6 Å². The summed E-state index contributed by atoms with van der Waals surface area (Å²) in [5.74, 6) is -0.298. The number of para-hydroxylation sites is 1. The minimum atomic E-state index is -0.298. The zero-order valence-corrected chi connectivity index (χ0v) is 20.4. The van der Waals surface area contributed by atoms with E-state index >= 15 is 0 Å². The predicted octanol–water partition coefficient (Wildman–Crippen LogP) is 7.15. The average Bonchev–Trinajstić information content (AvgIpc) is 3.11. The molecule has 0 atom stereocenters. The highest BCUT2D eigenvalue weighted by Crippen LogP contribution is 2.38. The molecule has 0 aliphatic heterocycles. The molecule has 3 aromatic rings. The molecule has 0 saturated heterocycles. The number of thiophene rings is 1. The molecular formula is C25H26N2O2S3. The van der Waals surface area contributed by atoms with Gasteiger partial charge in [-0.2, -0.15) is 0 Å². The van der Waals surface area contributed by atoms with Gasteiger partial charge < -0.3 is 15.4 Å². The Balaban J connectivity index is 1.55. The van der Waals surface area contributed by atoms with Crippen molar-refractivity contribution in [3.8, 4) is 0 Å². The van der Waals surface area contributed by atoms with Crippen molar-refractivity contribution in [1.82, 2.24) is 0 Å². The molecule has 32 heavy (non-hydrogen) atoms. The lowest BCUT2D eigenvalue weighted by atomic mass is 9.96. The smallest absolute Gasteiger partial charge is 0.341 e. The highest BCUT2D eigenvalue weighted by atomic mass is 32.2. The van der Waals surface area contributed by atoms with Crippen molar-refractivity contribution >= 4 is 57.1 Å². The normalized spacial score (nSPS) is 13.4. The van der Waals surface area contributed by atoms with Crippen molar-refractivity contribution in [2.24, 2.45) is 0 Å². The molecule has 1 aliphatic carbocycles. The van der Waals surface area contributed by atoms with Gasteiger partial charge in [-0.1, -0.05) is 54.9 Å². The first-order valence-electron chi connectivity index (χ1n) is 10.8. The van der Waals surface area contributed by atoms with Crippen molar-refractivity contribution in [1.29, 1.82) is 0 Å². The number of anilines is 2. The van der Waals surface area contributed by atoms with E-state index < -0.39 is 0 Å². The molecule has 0 bridgehead atoms. The molecule has 0 saturated carbocycles. The molecule has 1 aliphatic rings. The molecule has 1 aromatic heterocycles. The Labute approximate surface area is 202 Å². The van der Waals surface area contributed by atoms with E-state index in [4.69, 9.17) is 17.0 Å². The molecule has 0 amide bonds. The largest absolute Gasteiger partial charge is 0.465 e. The van der Waals surface area contributed by atoms with Crippen LogP contribution in [0.1, 0.15) is 46.5 Å². The van der Waals surface area contributed by atoms with Gasteiger partial charge in [0, 0.05) is 14.7 Å². The highest BCUT2D eigenvalue weighted by Gasteiger charge is 2.25. The number of hydrogen-bond donors (Lipinski definition) is 2. The van der Waals surface area contributed by atoms with Crippen molar-refractivity contribution in [2.75, 3.05) is 17.7 Å². The first kappa shape index (κ1) is 22.8. The summed E-state index contributed by atoms with van der Waals surface area (Å²) < 4.78 is 5.12. The monoisotopic (exact) mass is 482 g/mol. The number of nitrogens with one attached hydrogen (secondary N) is 2. The van der Waals surface area contributed by atoms with Gasteiger partial charge in [0.25, 0.3) is 0 Å². The average molecular weight is 483 g/mol. The van der Waals surface area contributed by atoms with Gasteiger partial charge >= 0.3 is 5.97 Å². The molecule has 2 aromatic carbocycles. The van der Waals surface area contributed by atoms with E-state index in [0.29, 0.717) is 10.7 Å². The lowest BCUT2D eigenvalue weighted by molar-refractivity contribution is 0.0601. The fourth-order valence-electron chi connectivity index (χ4n) is 3.86. The number of methoxy groups -OCH3 is 1. The number of carbonyl (C=O) groups excluding carboxylic acids is 1. The molecule has 0 radical (unpaired) electrons. The maximum atomic E-state index is 12.6. The second-order valence-electron chi connectivity index (χ2n) is 7.60. The summed E-state index contributed by atoms with van der Waals surface area (Å²) >= 11 is 8.95. The first-order valence-corrected chi connectivity index (χ1v) is 12.8. The van der Waals surface area contributed by atoms with Crippen molar-refractivity contribution < 1.29 is 9.53 Å². The Morgan fingerprint density at radius 1 is 0.969 bits per heavy atom. The summed E-state index contributed by atoms with van der Waals surface area (Å²) in [6, 6.07) is 18.3. The third-order valence-electron chi connectivity index (χ3n) is 5.39. The Morgan fingerprint density at radius 2 is 1.69 bits per heavy atom. The van der Waals surface area contributed by atoms with E-state index in [1.807, 2.05) is 36.4 Å². The number of carbonyl (C=O) groups is 1. The quantitative estimate of drug-likeness (QED) is 0.297. The number of fused-ring (bicyclic) bond motifs is 1. The van der Waals surface area contributed by atoms with Gasteiger partial charge in [-0.3, -0.25) is 0 Å². The molecule has 0 spiro atoms. The Hall–Kier alpha value is -2.35. The van der Waals surface area contributed by atoms with Crippen LogP contribution in [0.25, 0.3) is 0 Å². The second kappa shape index (κ2) is 11.0. The van der Waals surface area contributed by atoms with Crippen LogP contribution >= 0.6 is 35.3 Å². The van der Waals surface area contributed by atoms with Crippen LogP contribution in [0.5, 0.6) is 0 Å². The summed E-state index contributed by atoms with van der Waals surface area (Å²) in [7, 11) is 1.44. The summed E-state index contributed by atoms with van der Waals surface area (Å²) in [4.78, 5) is 16.2. The lowest BCUT2D eigenvalue weighted by Crippen LogP contribution is -2.20. The number of esters is 1. The molecule has 1 heterocycles. The van der Waals surface area contributed by atoms with Crippen molar-refractivity contribution in [2.45, 2.75) is 48.3 Å². The van der Waals surface area contributed by atoms with Crippen LogP contribution in [-0.4, -0.2) is 18.2 Å². The van der Waals surface area contributed by atoms with Gasteiger partial charge in [-0.05, 0) is 67.7 Å². The van der Waals surface area contributed by atoms with Gasteiger partial charge in [0.15, 0.2) is 5.11 Å². The fraction of sp³-hybridized carbons (Fsp3) is 0.280. The van der Waals surface area contributed by atoms with Crippen molar-refractivity contribution in [3.05, 3.63) is 70.6 Å². The Bertz CT molecular complexity index is 1100. The molecule has 166 valence electrons. The lowest BCUT2D eigenvalue weighted by Gasteiger charge is -2.14. The van der Waals surface area contributed by atoms with E-state index in [1.54, 1.807) is 23.1 Å². The zero-order chi connectivity index (χ0) is 22.3. The number of hydrogen-bond acceptors (Lipinski definition) is 5. The molecule has 0 unspecified atom stereocenters. The number of aryl methyl sites for hydroxylation is 1. The zero-order valence-electron chi connectivity index (χ0n) is 18.0. The molecule has 4 nitrogen and oxygen atoms in total. The molecule has 4 rings (SSSR count). The van der Waals surface area contributed by atoms with Gasteiger partial charge in [-0.25, -0.2) is 4.79 Å². The third kappa shape index (κ3) is 5.52. The minimum Gasteiger partial charge on any atom is -0.465 e. The molecule has 7 heteroatoms. The number of benzene rings is 2. The maximum absolute atomic E-state index is 12.6. The van der Waals surface area contributed by atoms with Crippen LogP contribution in [0.4, 0.5) is 10.7 Å². The molecule has 0 fully saturated rings. The minimum absolute atomic E-state index is 0.298. The predicted molar refractivity (Wildman–Crippen MR) is 138 cm³/mol. The Morgan fingerprint density at radius 3 is 2.47 bits per heavy atom. The molecule has 2 N–H and O–H groups in total. The van der Waals surface area contributed by atoms with Crippen LogP contribution in [0.2, 0.25) is 0 Å². The van der Waals surface area contributed by atoms with E-state index in [0.717, 1.165) is 51.7 Å². The topological polar surface area (TPSA) is 50.4 Å². The van der Waals surface area contributed by atoms with Crippen LogP contribution in [0, 0.1) is 0 Å². The van der Waals surface area contributed by atoms with E-state index in [-0.39, 0.29) is 5.97 Å². The van der Waals surface area contributed by atoms with Crippen LogP contribution in [0.15, 0.2) is 64.4 Å². The van der Waals surface area contributed by atoms with E-state index in [2.05, 4.69) is 28.8 Å². The molecular weight excluding hydrogens is 456 g/mol. The van der Waals surface area contributed by atoms with Crippen molar-refractivity contribution in [3.63, 3.8) is 0 Å². The van der Waals surface area contributed by atoms with Gasteiger partial charge in [0.05, 0.1) is 18.4 Å². The second-order valence-corrected chi connectivity index (χ2v) is 10.2.